The Balaban J connectivity index is 2.44. The van der Waals surface area contributed by atoms with Crippen molar-refractivity contribution in [2.45, 2.75) is 18.9 Å². The van der Waals surface area contributed by atoms with E-state index in [9.17, 15) is 31.1 Å². The number of methoxy groups -OCH3 is 1. The van der Waals surface area contributed by atoms with Gasteiger partial charge in [0.05, 0.1) is 17.7 Å². The van der Waals surface area contributed by atoms with Crippen LogP contribution in [0.1, 0.15) is 27.0 Å². The van der Waals surface area contributed by atoms with Crippen LogP contribution in [-0.4, -0.2) is 36.1 Å². The first-order valence-corrected chi connectivity index (χ1v) is 7.99. The fourth-order valence-corrected chi connectivity index (χ4v) is 2.42. The molecule has 1 aromatic carbocycles. The predicted octanol–water partition coefficient (Wildman–Crippen LogP) is 4.41. The monoisotopic (exact) mass is 406 g/mol. The molecule has 0 fully saturated rings. The van der Waals surface area contributed by atoms with Crippen LogP contribution in [0.2, 0.25) is 0 Å². The van der Waals surface area contributed by atoms with Gasteiger partial charge in [-0.25, -0.2) is 0 Å². The van der Waals surface area contributed by atoms with E-state index in [1.807, 2.05) is 0 Å². The number of ether oxygens (including phenoxy) is 1. The molecule has 0 aliphatic heterocycles. The van der Waals surface area contributed by atoms with E-state index in [0.717, 1.165) is 4.90 Å². The Kier molecular flexibility index (Phi) is 6.65. The van der Waals surface area contributed by atoms with Crippen LogP contribution in [-0.2, 0) is 23.6 Å². The average molecular weight is 406 g/mol. The van der Waals surface area contributed by atoms with Crippen molar-refractivity contribution >= 4 is 5.91 Å². The fraction of sp³-hybridized carbons (Fsp3) is 0.333. The van der Waals surface area contributed by atoms with Gasteiger partial charge in [-0.2, -0.15) is 26.3 Å². The minimum atomic E-state index is -5.03. The van der Waals surface area contributed by atoms with Crippen molar-refractivity contribution < 1.29 is 35.9 Å². The summed E-state index contributed by atoms with van der Waals surface area (Å²) in [6, 6.07) is 3.99. The second-order valence-corrected chi connectivity index (χ2v) is 5.87. The smallest absolute Gasteiger partial charge is 0.383 e. The number of nitrogens with zero attached hydrogens (tertiary/aromatic N) is 2. The third-order valence-corrected chi connectivity index (χ3v) is 3.81. The molecule has 4 nitrogen and oxygen atoms in total. The molecule has 152 valence electrons. The molecule has 2 rings (SSSR count). The second kappa shape index (κ2) is 8.59. The lowest BCUT2D eigenvalue weighted by Gasteiger charge is -2.23. The largest absolute Gasteiger partial charge is 0.416 e. The number of rotatable bonds is 6. The maximum absolute atomic E-state index is 13.0. The Morgan fingerprint density at radius 2 is 1.54 bits per heavy atom. The number of hydrogen-bond donors (Lipinski definition) is 0. The van der Waals surface area contributed by atoms with E-state index in [1.54, 1.807) is 12.1 Å². The molecule has 2 aromatic rings. The van der Waals surface area contributed by atoms with Crippen LogP contribution in [0.5, 0.6) is 0 Å². The van der Waals surface area contributed by atoms with E-state index in [2.05, 4.69) is 4.98 Å². The molecule has 0 spiro atoms. The summed E-state index contributed by atoms with van der Waals surface area (Å²) in [5.74, 6) is -0.967. The van der Waals surface area contributed by atoms with Gasteiger partial charge in [-0.15, -0.1) is 0 Å². The molecule has 0 atom stereocenters. The van der Waals surface area contributed by atoms with Gasteiger partial charge >= 0.3 is 12.4 Å². The van der Waals surface area contributed by atoms with Crippen LogP contribution in [0.4, 0.5) is 26.3 Å². The molecular formula is C18H16F6N2O2. The summed E-state index contributed by atoms with van der Waals surface area (Å²) in [5, 5.41) is 0. The van der Waals surface area contributed by atoms with Crippen LogP contribution in [0.3, 0.4) is 0 Å². The first-order chi connectivity index (χ1) is 13.0. The zero-order chi connectivity index (χ0) is 20.9. The van der Waals surface area contributed by atoms with E-state index in [1.165, 1.54) is 19.5 Å². The molecule has 1 amide bonds. The van der Waals surface area contributed by atoms with Crippen molar-refractivity contribution in [2.75, 3.05) is 20.3 Å². The van der Waals surface area contributed by atoms with Crippen molar-refractivity contribution in [1.82, 2.24) is 9.88 Å². The van der Waals surface area contributed by atoms with Crippen molar-refractivity contribution in [3.63, 3.8) is 0 Å². The summed E-state index contributed by atoms with van der Waals surface area (Å²) in [5.41, 5.74) is -3.17. The van der Waals surface area contributed by atoms with Gasteiger partial charge < -0.3 is 9.64 Å². The van der Waals surface area contributed by atoms with Gasteiger partial charge in [-0.3, -0.25) is 9.78 Å². The molecule has 10 heteroatoms. The highest BCUT2D eigenvalue weighted by Gasteiger charge is 2.37. The first kappa shape index (κ1) is 21.7. The molecule has 0 bridgehead atoms. The van der Waals surface area contributed by atoms with E-state index >= 15 is 0 Å². The van der Waals surface area contributed by atoms with Crippen LogP contribution in [0, 0.1) is 0 Å². The zero-order valence-electron chi connectivity index (χ0n) is 14.6. The number of carbonyl (C=O) groups excluding carboxylic acids is 1. The fourth-order valence-electron chi connectivity index (χ4n) is 2.42. The number of carbonyl (C=O) groups is 1. The lowest BCUT2D eigenvalue weighted by molar-refractivity contribution is -0.143. The Hall–Kier alpha value is -2.62. The van der Waals surface area contributed by atoms with Crippen LogP contribution < -0.4 is 0 Å². The van der Waals surface area contributed by atoms with Crippen molar-refractivity contribution in [1.29, 1.82) is 0 Å². The second-order valence-electron chi connectivity index (χ2n) is 5.87. The van der Waals surface area contributed by atoms with Crippen molar-refractivity contribution in [3.05, 3.63) is 65.0 Å². The summed E-state index contributed by atoms with van der Waals surface area (Å²) in [7, 11) is 1.36. The molecule has 0 N–H and O–H groups in total. The lowest BCUT2D eigenvalue weighted by Crippen LogP contribution is -2.34. The van der Waals surface area contributed by atoms with Gasteiger partial charge in [0.1, 0.15) is 0 Å². The Labute approximate surface area is 156 Å². The molecule has 1 heterocycles. The number of pyridine rings is 1. The maximum atomic E-state index is 13.0. The molecule has 0 aliphatic rings. The van der Waals surface area contributed by atoms with Crippen molar-refractivity contribution in [3.8, 4) is 0 Å². The van der Waals surface area contributed by atoms with E-state index < -0.39 is 35.0 Å². The number of hydrogen-bond acceptors (Lipinski definition) is 3. The van der Waals surface area contributed by atoms with Crippen LogP contribution >= 0.6 is 0 Å². The summed E-state index contributed by atoms with van der Waals surface area (Å²) >= 11 is 0. The molecule has 0 saturated carbocycles. The Morgan fingerprint density at radius 1 is 1.00 bits per heavy atom. The molecule has 0 saturated heterocycles. The van der Waals surface area contributed by atoms with Crippen LogP contribution in [0.25, 0.3) is 0 Å². The minimum absolute atomic E-state index is 0.0147. The molecular weight excluding hydrogens is 390 g/mol. The summed E-state index contributed by atoms with van der Waals surface area (Å²) < 4.78 is 83.1. The third kappa shape index (κ3) is 5.69. The summed E-state index contributed by atoms with van der Waals surface area (Å²) in [6.45, 7) is 0.0134. The molecule has 0 aliphatic carbocycles. The maximum Gasteiger partial charge on any atom is 0.416 e. The standard InChI is InChI=1S/C18H16F6N2O2/c1-28-7-6-26(11-12-2-4-25-5-3-12)16(27)13-8-14(17(19,20)21)10-15(9-13)18(22,23)24/h2-5,8-10H,6-7,11H2,1H3. The normalized spacial score (nSPS) is 12.1. The van der Waals surface area contributed by atoms with Gasteiger partial charge in [-0.05, 0) is 35.9 Å². The number of alkyl halides is 6. The summed E-state index contributed by atoms with van der Waals surface area (Å²) in [4.78, 5) is 17.7. The lowest BCUT2D eigenvalue weighted by atomic mass is 10.0. The Morgan fingerprint density at radius 3 is 2.00 bits per heavy atom. The first-order valence-electron chi connectivity index (χ1n) is 7.99. The molecule has 0 unspecified atom stereocenters. The summed E-state index contributed by atoms with van der Waals surface area (Å²) in [6.07, 6.45) is -7.14. The highest BCUT2D eigenvalue weighted by molar-refractivity contribution is 5.94. The third-order valence-electron chi connectivity index (χ3n) is 3.81. The van der Waals surface area contributed by atoms with Crippen LogP contribution in [0.15, 0.2) is 42.7 Å². The number of halogens is 6. The highest BCUT2D eigenvalue weighted by atomic mass is 19.4. The van der Waals surface area contributed by atoms with Gasteiger partial charge in [-0.1, -0.05) is 0 Å². The van der Waals surface area contributed by atoms with Crippen molar-refractivity contribution in [2.24, 2.45) is 0 Å². The number of amides is 1. The number of benzene rings is 1. The number of aromatic nitrogens is 1. The van der Waals surface area contributed by atoms with Gasteiger partial charge in [0.25, 0.3) is 5.91 Å². The predicted molar refractivity (Wildman–Crippen MR) is 87.3 cm³/mol. The van der Waals surface area contributed by atoms with E-state index in [-0.39, 0.29) is 25.8 Å². The van der Waals surface area contributed by atoms with Gasteiger partial charge in [0.2, 0.25) is 0 Å². The SMILES string of the molecule is COCCN(Cc1ccncc1)C(=O)c1cc(C(F)(F)F)cc(C(F)(F)F)c1. The quantitative estimate of drug-likeness (QED) is 0.668. The average Bonchev–Trinajstić information content (AvgIpc) is 2.63. The van der Waals surface area contributed by atoms with E-state index in [4.69, 9.17) is 4.74 Å². The zero-order valence-corrected chi connectivity index (χ0v) is 14.6. The topological polar surface area (TPSA) is 42.4 Å². The molecule has 0 radical (unpaired) electrons. The molecule has 1 aromatic heterocycles. The molecule has 28 heavy (non-hydrogen) atoms. The van der Waals surface area contributed by atoms with E-state index in [0.29, 0.717) is 17.7 Å². The van der Waals surface area contributed by atoms with Gasteiger partial charge in [0, 0.05) is 38.2 Å². The Bertz CT molecular complexity index is 774. The highest BCUT2D eigenvalue weighted by Crippen LogP contribution is 2.36. The minimum Gasteiger partial charge on any atom is -0.383 e. The van der Waals surface area contributed by atoms with Gasteiger partial charge in [0.15, 0.2) is 0 Å².